The van der Waals surface area contributed by atoms with Crippen molar-refractivity contribution in [2.75, 3.05) is 27.4 Å². The van der Waals surface area contributed by atoms with Gasteiger partial charge in [0.05, 0.1) is 19.9 Å². The van der Waals surface area contributed by atoms with Crippen LogP contribution in [0.25, 0.3) is 0 Å². The number of hydrogen-bond acceptors (Lipinski definition) is 5. The summed E-state index contributed by atoms with van der Waals surface area (Å²) in [5.74, 6) is -0.513. The second kappa shape index (κ2) is 10.5. The number of halogens is 1. The lowest BCUT2D eigenvalue weighted by Gasteiger charge is -2.42. The van der Waals surface area contributed by atoms with Crippen LogP contribution in [0.5, 0.6) is 0 Å². The lowest BCUT2D eigenvalue weighted by molar-refractivity contribution is 0.0300. The molecular weight excluding hydrogens is 457 g/mol. The van der Waals surface area contributed by atoms with Crippen molar-refractivity contribution in [2.45, 2.75) is 66.2 Å². The molecule has 0 radical (unpaired) electrons. The third-order valence-corrected chi connectivity index (χ3v) is 4.72. The van der Waals surface area contributed by atoms with E-state index in [4.69, 9.17) is 9.47 Å². The molecule has 1 aromatic carbocycles. The van der Waals surface area contributed by atoms with E-state index in [0.29, 0.717) is 11.1 Å². The summed E-state index contributed by atoms with van der Waals surface area (Å²) in [5.41, 5.74) is -0.756. The van der Waals surface area contributed by atoms with Crippen LogP contribution < -0.4 is 0 Å². The van der Waals surface area contributed by atoms with Gasteiger partial charge in [-0.3, -0.25) is 0 Å². The van der Waals surface area contributed by atoms with Crippen LogP contribution in [0.1, 0.15) is 52.7 Å². The fourth-order valence-corrected chi connectivity index (χ4v) is 3.22. The Balaban J connectivity index is 2.59. The number of aliphatic imine (C=N–C) groups is 1. The maximum Gasteiger partial charge on any atom is 0.437 e. The van der Waals surface area contributed by atoms with Crippen molar-refractivity contribution in [1.29, 1.82) is 0 Å². The van der Waals surface area contributed by atoms with Crippen LogP contribution in [0.3, 0.4) is 0 Å². The number of hydrogen-bond donors (Lipinski definition) is 0. The number of amides is 4. The third kappa shape index (κ3) is 8.11. The first-order valence-corrected chi connectivity index (χ1v) is 11.3. The molecule has 1 saturated heterocycles. The van der Waals surface area contributed by atoms with Crippen LogP contribution in [0.2, 0.25) is 0 Å². The van der Waals surface area contributed by atoms with Crippen molar-refractivity contribution in [3.8, 4) is 0 Å². The van der Waals surface area contributed by atoms with Crippen molar-refractivity contribution in [2.24, 2.45) is 4.99 Å². The zero-order valence-corrected chi connectivity index (χ0v) is 22.0. The van der Waals surface area contributed by atoms with Gasteiger partial charge in [-0.25, -0.2) is 23.7 Å². The Morgan fingerprint density at radius 2 is 1.57 bits per heavy atom. The van der Waals surface area contributed by atoms with E-state index in [9.17, 15) is 18.8 Å². The highest BCUT2D eigenvalue weighted by atomic mass is 19.1. The summed E-state index contributed by atoms with van der Waals surface area (Å²) in [6.45, 7) is 11.8. The average molecular weight is 494 g/mol. The van der Waals surface area contributed by atoms with Gasteiger partial charge in [0.15, 0.2) is 0 Å². The summed E-state index contributed by atoms with van der Waals surface area (Å²) < 4.78 is 25.3. The first-order valence-electron chi connectivity index (χ1n) is 11.3. The second-order valence-electron chi connectivity index (χ2n) is 10.5. The molecule has 1 aliphatic heterocycles. The molecule has 0 aromatic heterocycles. The average Bonchev–Trinajstić information content (AvgIpc) is 2.68. The molecule has 0 N–H and O–H groups in total. The fourth-order valence-electron chi connectivity index (χ4n) is 3.22. The molecule has 0 atom stereocenters. The number of nitrogens with zero attached hydrogens (tertiary/aromatic N) is 5. The van der Waals surface area contributed by atoms with Crippen molar-refractivity contribution >= 4 is 24.2 Å². The van der Waals surface area contributed by atoms with E-state index in [1.165, 1.54) is 15.9 Å². The lowest BCUT2D eigenvalue weighted by Crippen LogP contribution is -2.60. The number of carbonyl (C=O) groups is 3. The Morgan fingerprint density at radius 1 is 1.03 bits per heavy atom. The summed E-state index contributed by atoms with van der Waals surface area (Å²) >= 11 is 0. The minimum absolute atomic E-state index is 0.0480. The first-order chi connectivity index (χ1) is 16.0. The largest absolute Gasteiger partial charge is 0.443 e. The Kier molecular flexibility index (Phi) is 8.35. The molecule has 0 unspecified atom stereocenters. The van der Waals surface area contributed by atoms with Crippen molar-refractivity contribution in [3.63, 3.8) is 0 Å². The van der Waals surface area contributed by atoms with E-state index >= 15 is 0 Å². The standard InChI is InChI=1S/C24H36FN5O5/c1-16-10-11-17(12-18(16)25)13-30(22(33)35-24(5,6)7)19(26-20(31)34-23(2,3)4)29-14-27(8)21(32)28(9)15-29/h10-12H,13-15H2,1-9H3. The molecule has 35 heavy (non-hydrogen) atoms. The van der Waals surface area contributed by atoms with Gasteiger partial charge in [0.2, 0.25) is 5.96 Å². The van der Waals surface area contributed by atoms with Gasteiger partial charge in [0, 0.05) is 14.1 Å². The van der Waals surface area contributed by atoms with Crippen molar-refractivity contribution in [1.82, 2.24) is 19.6 Å². The zero-order valence-electron chi connectivity index (χ0n) is 22.0. The summed E-state index contributed by atoms with van der Waals surface area (Å²) in [7, 11) is 3.17. The Bertz CT molecular complexity index is 985. The number of rotatable bonds is 2. The Labute approximate surface area is 206 Å². The highest BCUT2D eigenvalue weighted by Crippen LogP contribution is 2.19. The third-order valence-electron chi connectivity index (χ3n) is 4.72. The van der Waals surface area contributed by atoms with Gasteiger partial charge in [-0.2, -0.15) is 0 Å². The molecule has 1 fully saturated rings. The van der Waals surface area contributed by atoms with Crippen LogP contribution in [-0.4, -0.2) is 82.4 Å². The van der Waals surface area contributed by atoms with Gasteiger partial charge in [0.1, 0.15) is 17.0 Å². The van der Waals surface area contributed by atoms with Gasteiger partial charge >= 0.3 is 18.2 Å². The highest BCUT2D eigenvalue weighted by Gasteiger charge is 2.35. The van der Waals surface area contributed by atoms with Crippen molar-refractivity contribution in [3.05, 3.63) is 35.1 Å². The molecule has 11 heteroatoms. The molecule has 0 spiro atoms. The van der Waals surface area contributed by atoms with E-state index < -0.39 is 29.2 Å². The molecule has 4 amide bonds. The maximum absolute atomic E-state index is 14.3. The molecule has 0 bridgehead atoms. The van der Waals surface area contributed by atoms with Gasteiger partial charge in [-0.1, -0.05) is 12.1 Å². The molecule has 10 nitrogen and oxygen atoms in total. The zero-order chi connectivity index (χ0) is 26.7. The normalized spacial score (nSPS) is 15.3. The number of carbonyl (C=O) groups excluding carboxylic acids is 3. The molecule has 0 saturated carbocycles. The van der Waals surface area contributed by atoms with E-state index in [1.54, 1.807) is 79.6 Å². The quantitative estimate of drug-likeness (QED) is 0.448. The molecule has 194 valence electrons. The van der Waals surface area contributed by atoms with Crippen LogP contribution >= 0.6 is 0 Å². The highest BCUT2D eigenvalue weighted by molar-refractivity contribution is 5.99. The molecule has 1 aliphatic rings. The minimum atomic E-state index is -0.918. The van der Waals surface area contributed by atoms with E-state index in [2.05, 4.69) is 4.99 Å². The second-order valence-corrected chi connectivity index (χ2v) is 10.5. The Morgan fingerprint density at radius 3 is 2.06 bits per heavy atom. The van der Waals surface area contributed by atoms with Crippen LogP contribution in [0.15, 0.2) is 23.2 Å². The molecular formula is C24H36FN5O5. The minimum Gasteiger partial charge on any atom is -0.443 e. The van der Waals surface area contributed by atoms with E-state index in [1.807, 2.05) is 0 Å². The first kappa shape index (κ1) is 27.9. The van der Waals surface area contributed by atoms with Crippen LogP contribution in [0.4, 0.5) is 18.8 Å². The summed E-state index contributed by atoms with van der Waals surface area (Å²) in [4.78, 5) is 48.0. The monoisotopic (exact) mass is 493 g/mol. The Hall–Kier alpha value is -3.37. The number of ether oxygens (including phenoxy) is 2. The van der Waals surface area contributed by atoms with E-state index in [-0.39, 0.29) is 31.9 Å². The number of guanidine groups is 1. The van der Waals surface area contributed by atoms with Crippen LogP contribution in [0, 0.1) is 12.7 Å². The van der Waals surface area contributed by atoms with E-state index in [0.717, 1.165) is 4.90 Å². The smallest absolute Gasteiger partial charge is 0.437 e. The van der Waals surface area contributed by atoms with Gasteiger partial charge in [-0.15, -0.1) is 4.99 Å². The molecule has 1 aromatic rings. The summed E-state index contributed by atoms with van der Waals surface area (Å²) in [6, 6.07) is 4.36. The SMILES string of the molecule is Cc1ccc(CN(C(=O)OC(C)(C)C)C(=NC(=O)OC(C)(C)C)N2CN(C)C(=O)N(C)C2)cc1F. The number of aryl methyl sites for hydroxylation is 1. The number of urea groups is 1. The van der Waals surface area contributed by atoms with Gasteiger partial charge in [0.25, 0.3) is 0 Å². The van der Waals surface area contributed by atoms with Crippen molar-refractivity contribution < 1.29 is 28.2 Å². The fraction of sp³-hybridized carbons (Fsp3) is 0.583. The molecule has 0 aliphatic carbocycles. The summed E-state index contributed by atoms with van der Waals surface area (Å²) in [6.07, 6.45) is -1.71. The lowest BCUT2D eigenvalue weighted by atomic mass is 10.1. The maximum atomic E-state index is 14.3. The predicted octanol–water partition coefficient (Wildman–Crippen LogP) is 4.38. The predicted molar refractivity (Wildman–Crippen MR) is 129 cm³/mol. The summed E-state index contributed by atoms with van der Waals surface area (Å²) in [5, 5.41) is 0. The van der Waals surface area contributed by atoms with Gasteiger partial charge in [-0.05, 0) is 65.7 Å². The molecule has 2 rings (SSSR count). The number of benzene rings is 1. The molecule has 1 heterocycles. The van der Waals surface area contributed by atoms with Crippen LogP contribution in [-0.2, 0) is 16.0 Å². The van der Waals surface area contributed by atoms with Gasteiger partial charge < -0.3 is 24.2 Å². The topological polar surface area (TPSA) is 95.0 Å².